The number of rotatable bonds is 1. The van der Waals surface area contributed by atoms with Crippen LogP contribution in [0.3, 0.4) is 0 Å². The van der Waals surface area contributed by atoms with Gasteiger partial charge in [0.05, 0.1) is 0 Å². The molecule has 2 aliphatic heterocycles. The Kier molecular flexibility index (Phi) is 3.60. The molecule has 1 aromatic heterocycles. The molecular formula is C19H20N4O2S. The summed E-state index contributed by atoms with van der Waals surface area (Å²) in [7, 11) is 1.91. The Morgan fingerprint density at radius 3 is 3.00 bits per heavy atom. The van der Waals surface area contributed by atoms with Crippen LogP contribution in [-0.2, 0) is 4.79 Å². The minimum absolute atomic E-state index is 0.258. The molecule has 0 saturated carbocycles. The van der Waals surface area contributed by atoms with Gasteiger partial charge in [-0.1, -0.05) is 12.1 Å². The lowest BCUT2D eigenvalue weighted by atomic mass is 9.79. The molecule has 1 fully saturated rings. The average molecular weight is 368 g/mol. The number of hydrogen-bond acceptors (Lipinski definition) is 7. The number of fused-ring (bicyclic) bond motifs is 2. The fraction of sp³-hybridized carbons (Fsp3) is 0.421. The summed E-state index contributed by atoms with van der Waals surface area (Å²) in [5.41, 5.74) is 3.15. The topological polar surface area (TPSA) is 70.7 Å². The molecule has 1 aliphatic carbocycles. The highest BCUT2D eigenvalue weighted by Crippen LogP contribution is 2.43. The van der Waals surface area contributed by atoms with Crippen molar-refractivity contribution in [3.05, 3.63) is 35.5 Å². The van der Waals surface area contributed by atoms with Gasteiger partial charge < -0.3 is 9.73 Å². The van der Waals surface area contributed by atoms with Gasteiger partial charge in [-0.25, -0.2) is 4.99 Å². The number of nitrogens with one attached hydrogen (secondary N) is 1. The molecule has 3 heterocycles. The summed E-state index contributed by atoms with van der Waals surface area (Å²) in [6.45, 7) is 0. The lowest BCUT2D eigenvalue weighted by Crippen LogP contribution is -2.50. The SMILES string of the molecule is CN(C1=NC2(CCSC2)C2=C(CCCC2=O)N1)c1nc2ccccc2o1. The van der Waals surface area contributed by atoms with E-state index in [1.807, 2.05) is 48.0 Å². The molecule has 1 spiro atoms. The van der Waals surface area contributed by atoms with E-state index in [1.165, 1.54) is 0 Å². The molecular weight excluding hydrogens is 348 g/mol. The predicted octanol–water partition coefficient (Wildman–Crippen LogP) is 3.11. The molecule has 5 rings (SSSR count). The number of benzene rings is 1. The first-order valence-electron chi connectivity index (χ1n) is 8.97. The van der Waals surface area contributed by atoms with Crippen molar-refractivity contribution < 1.29 is 9.21 Å². The van der Waals surface area contributed by atoms with Gasteiger partial charge in [-0.3, -0.25) is 9.69 Å². The maximum absolute atomic E-state index is 12.6. The lowest BCUT2D eigenvalue weighted by Gasteiger charge is -2.38. The second-order valence-corrected chi connectivity index (χ2v) is 8.15. The van der Waals surface area contributed by atoms with E-state index in [1.54, 1.807) is 0 Å². The summed E-state index contributed by atoms with van der Waals surface area (Å²) < 4.78 is 5.90. The zero-order valence-corrected chi connectivity index (χ0v) is 15.4. The molecule has 0 radical (unpaired) electrons. The van der Waals surface area contributed by atoms with Gasteiger partial charge in [0.2, 0.25) is 5.96 Å². The summed E-state index contributed by atoms with van der Waals surface area (Å²) in [6.07, 6.45) is 3.34. The van der Waals surface area contributed by atoms with Crippen molar-refractivity contribution in [2.75, 3.05) is 23.5 Å². The number of carbonyl (C=O) groups excluding carboxylic acids is 1. The minimum Gasteiger partial charge on any atom is -0.423 e. The number of aromatic nitrogens is 1. The van der Waals surface area contributed by atoms with E-state index in [4.69, 9.17) is 9.41 Å². The number of allylic oxidation sites excluding steroid dienone is 1. The molecule has 134 valence electrons. The Hall–Kier alpha value is -2.28. The largest absolute Gasteiger partial charge is 0.423 e. The second kappa shape index (κ2) is 5.87. The van der Waals surface area contributed by atoms with E-state index in [0.717, 1.165) is 53.1 Å². The zero-order chi connectivity index (χ0) is 17.7. The highest BCUT2D eigenvalue weighted by atomic mass is 32.2. The van der Waals surface area contributed by atoms with Crippen molar-refractivity contribution in [1.82, 2.24) is 10.3 Å². The normalized spacial score (nSPS) is 25.4. The molecule has 1 atom stereocenters. The number of thioether (sulfide) groups is 1. The molecule has 2 aromatic rings. The quantitative estimate of drug-likeness (QED) is 0.834. The van der Waals surface area contributed by atoms with Crippen molar-refractivity contribution in [3.63, 3.8) is 0 Å². The average Bonchev–Trinajstić information content (AvgIpc) is 3.28. The molecule has 1 N–H and O–H groups in total. The number of oxazole rings is 1. The Balaban J connectivity index is 1.55. The molecule has 6 nitrogen and oxygen atoms in total. The first-order valence-corrected chi connectivity index (χ1v) is 10.1. The number of para-hydroxylation sites is 2. The third-order valence-corrected chi connectivity index (χ3v) is 6.52. The number of hydrogen-bond donors (Lipinski definition) is 1. The van der Waals surface area contributed by atoms with E-state index < -0.39 is 5.54 Å². The monoisotopic (exact) mass is 368 g/mol. The number of nitrogens with zero attached hydrogens (tertiary/aromatic N) is 3. The Labute approximate surface area is 155 Å². The fourth-order valence-electron chi connectivity index (χ4n) is 4.02. The second-order valence-electron chi connectivity index (χ2n) is 7.05. The first-order chi connectivity index (χ1) is 12.7. The van der Waals surface area contributed by atoms with Gasteiger partial charge in [0.1, 0.15) is 11.1 Å². The summed E-state index contributed by atoms with van der Waals surface area (Å²) >= 11 is 1.87. The van der Waals surface area contributed by atoms with Crippen LogP contribution in [0.25, 0.3) is 11.1 Å². The van der Waals surface area contributed by atoms with Gasteiger partial charge in [0.15, 0.2) is 11.4 Å². The van der Waals surface area contributed by atoms with Crippen molar-refractivity contribution in [3.8, 4) is 0 Å². The summed E-state index contributed by atoms with van der Waals surface area (Å²) in [6, 6.07) is 8.22. The van der Waals surface area contributed by atoms with Crippen molar-refractivity contribution in [2.24, 2.45) is 4.99 Å². The number of Topliss-reactive ketones (excluding diaryl/α,β-unsaturated/α-hetero) is 1. The van der Waals surface area contributed by atoms with E-state index in [2.05, 4.69) is 10.3 Å². The third kappa shape index (κ3) is 2.37. The van der Waals surface area contributed by atoms with E-state index in [9.17, 15) is 4.79 Å². The van der Waals surface area contributed by atoms with Gasteiger partial charge in [0.25, 0.3) is 0 Å². The Morgan fingerprint density at radius 2 is 2.19 bits per heavy atom. The van der Waals surface area contributed by atoms with Gasteiger partial charge >= 0.3 is 6.01 Å². The maximum atomic E-state index is 12.6. The van der Waals surface area contributed by atoms with Crippen molar-refractivity contribution in [2.45, 2.75) is 31.2 Å². The summed E-state index contributed by atoms with van der Waals surface area (Å²) in [5.74, 6) is 2.87. The van der Waals surface area contributed by atoms with Crippen molar-refractivity contribution >= 4 is 40.6 Å². The van der Waals surface area contributed by atoms with Crippen LogP contribution in [0.2, 0.25) is 0 Å². The van der Waals surface area contributed by atoms with Crippen LogP contribution in [0.15, 0.2) is 44.9 Å². The highest BCUT2D eigenvalue weighted by Gasteiger charge is 2.46. The van der Waals surface area contributed by atoms with Crippen LogP contribution in [0, 0.1) is 0 Å². The molecule has 0 amide bonds. The molecule has 7 heteroatoms. The molecule has 3 aliphatic rings. The number of aliphatic imine (C=N–C) groups is 1. The maximum Gasteiger partial charge on any atom is 0.305 e. The summed E-state index contributed by atoms with van der Waals surface area (Å²) in [5, 5.41) is 3.41. The van der Waals surface area contributed by atoms with Crippen LogP contribution in [0.1, 0.15) is 25.7 Å². The van der Waals surface area contributed by atoms with Crippen LogP contribution < -0.4 is 10.2 Å². The smallest absolute Gasteiger partial charge is 0.305 e. The van der Waals surface area contributed by atoms with Gasteiger partial charge in [-0.15, -0.1) is 0 Å². The lowest BCUT2D eigenvalue weighted by molar-refractivity contribution is -0.116. The van der Waals surface area contributed by atoms with E-state index in [-0.39, 0.29) is 5.78 Å². The molecule has 1 aromatic carbocycles. The molecule has 1 unspecified atom stereocenters. The number of ketones is 1. The van der Waals surface area contributed by atoms with Gasteiger partial charge in [-0.2, -0.15) is 16.7 Å². The fourth-order valence-corrected chi connectivity index (χ4v) is 5.34. The minimum atomic E-state index is -0.391. The first kappa shape index (κ1) is 15.9. The molecule has 1 saturated heterocycles. The zero-order valence-electron chi connectivity index (χ0n) is 14.6. The van der Waals surface area contributed by atoms with Gasteiger partial charge in [-0.05, 0) is 37.1 Å². The van der Waals surface area contributed by atoms with E-state index in [0.29, 0.717) is 18.4 Å². The Morgan fingerprint density at radius 1 is 1.31 bits per heavy atom. The van der Waals surface area contributed by atoms with Gasteiger partial charge in [0, 0.05) is 30.5 Å². The predicted molar refractivity (Wildman–Crippen MR) is 104 cm³/mol. The third-order valence-electron chi connectivity index (χ3n) is 5.35. The number of carbonyl (C=O) groups is 1. The summed E-state index contributed by atoms with van der Waals surface area (Å²) in [4.78, 5) is 24.1. The Bertz CT molecular complexity index is 922. The van der Waals surface area contributed by atoms with Crippen molar-refractivity contribution in [1.29, 1.82) is 0 Å². The van der Waals surface area contributed by atoms with Crippen LogP contribution in [0.5, 0.6) is 0 Å². The highest BCUT2D eigenvalue weighted by molar-refractivity contribution is 7.99. The molecule has 26 heavy (non-hydrogen) atoms. The standard InChI is InChI=1S/C19H20N4O2S/c1-23(18-21-12-5-2-3-8-15(12)25-18)17-20-13-6-4-7-14(24)16(13)19(22-17)9-10-26-11-19/h2-3,5,8H,4,6-7,9-11H2,1H3,(H,20,22). The van der Waals surface area contributed by atoms with E-state index >= 15 is 0 Å². The van der Waals surface area contributed by atoms with Crippen LogP contribution >= 0.6 is 11.8 Å². The molecule has 0 bridgehead atoms. The number of anilines is 1. The van der Waals surface area contributed by atoms with Crippen LogP contribution in [-0.4, -0.2) is 40.8 Å². The van der Waals surface area contributed by atoms with Crippen LogP contribution in [0.4, 0.5) is 6.01 Å². The number of guanidine groups is 1.